The average Bonchev–Trinajstić information content (AvgIpc) is 3.17. The number of methoxy groups -OCH3 is 1. The van der Waals surface area contributed by atoms with Gasteiger partial charge in [-0.15, -0.1) is 0 Å². The third kappa shape index (κ3) is 2.96. The number of benzene rings is 2. The molecule has 0 radical (unpaired) electrons. The second kappa shape index (κ2) is 6.87. The molecular formula is C22H24N2O2. The van der Waals surface area contributed by atoms with E-state index in [2.05, 4.69) is 47.1 Å². The normalized spacial score (nSPS) is 22.9. The molecule has 2 aromatic carbocycles. The summed E-state index contributed by atoms with van der Waals surface area (Å²) < 4.78 is 5.41. The molecule has 0 saturated carbocycles. The Morgan fingerprint density at radius 3 is 2.96 bits per heavy atom. The molecule has 0 fully saturated rings. The Balaban J connectivity index is 1.68. The van der Waals surface area contributed by atoms with E-state index >= 15 is 0 Å². The molecule has 1 amide bonds. The maximum absolute atomic E-state index is 11.7. The summed E-state index contributed by atoms with van der Waals surface area (Å²) in [6.45, 7) is 1.86. The summed E-state index contributed by atoms with van der Waals surface area (Å²) in [5.74, 6) is 1.75. The molecule has 0 spiro atoms. The van der Waals surface area contributed by atoms with Gasteiger partial charge >= 0.3 is 0 Å². The fraction of sp³-hybridized carbons (Fsp3) is 0.318. The fourth-order valence-electron chi connectivity index (χ4n) is 4.09. The van der Waals surface area contributed by atoms with E-state index in [0.29, 0.717) is 18.3 Å². The summed E-state index contributed by atoms with van der Waals surface area (Å²) in [4.78, 5) is 11.7. The van der Waals surface area contributed by atoms with Crippen LogP contribution < -0.4 is 15.4 Å². The first-order valence-corrected chi connectivity index (χ1v) is 9.20. The minimum atomic E-state index is 0.0430. The monoisotopic (exact) mass is 348 g/mol. The maximum Gasteiger partial charge on any atom is 0.224 e. The molecule has 2 aromatic rings. The van der Waals surface area contributed by atoms with Crippen molar-refractivity contribution >= 4 is 17.3 Å². The van der Waals surface area contributed by atoms with Crippen LogP contribution >= 0.6 is 0 Å². The molecule has 2 aliphatic rings. The molecule has 3 atom stereocenters. The van der Waals surface area contributed by atoms with E-state index in [1.165, 1.54) is 11.1 Å². The predicted octanol–water partition coefficient (Wildman–Crippen LogP) is 4.87. The largest absolute Gasteiger partial charge is 0.497 e. The fourth-order valence-corrected chi connectivity index (χ4v) is 4.09. The summed E-state index contributed by atoms with van der Waals surface area (Å²) >= 11 is 0. The molecule has 0 saturated heterocycles. The van der Waals surface area contributed by atoms with Crippen molar-refractivity contribution in [2.24, 2.45) is 5.92 Å². The van der Waals surface area contributed by atoms with E-state index in [1.54, 1.807) is 7.11 Å². The highest BCUT2D eigenvalue weighted by Crippen LogP contribution is 2.50. The number of allylic oxidation sites excluding steroid dienone is 2. The predicted molar refractivity (Wildman–Crippen MR) is 105 cm³/mol. The van der Waals surface area contributed by atoms with Crippen LogP contribution in [0.2, 0.25) is 0 Å². The molecule has 1 heterocycles. The van der Waals surface area contributed by atoms with Gasteiger partial charge in [0.1, 0.15) is 5.75 Å². The molecule has 0 bridgehead atoms. The quantitative estimate of drug-likeness (QED) is 0.775. The first kappa shape index (κ1) is 16.7. The highest BCUT2D eigenvalue weighted by Gasteiger charge is 2.38. The van der Waals surface area contributed by atoms with Crippen molar-refractivity contribution in [3.63, 3.8) is 0 Å². The Bertz CT molecular complexity index is 859. The number of carbonyl (C=O) groups excluding carboxylic acids is 1. The number of ether oxygens (including phenoxy) is 1. The number of hydrogen-bond donors (Lipinski definition) is 2. The Morgan fingerprint density at radius 2 is 2.15 bits per heavy atom. The number of anilines is 2. The molecule has 4 rings (SSSR count). The van der Waals surface area contributed by atoms with Gasteiger partial charge in [-0.3, -0.25) is 4.79 Å². The molecule has 26 heavy (non-hydrogen) atoms. The number of amides is 1. The SMILES string of the molecule is CCC(=O)Nc1ccc2c(c1)C1C=CCC1C(c1cccc(OC)c1)N2. The summed E-state index contributed by atoms with van der Waals surface area (Å²) in [7, 11) is 1.70. The highest BCUT2D eigenvalue weighted by atomic mass is 16.5. The highest BCUT2D eigenvalue weighted by molar-refractivity contribution is 5.91. The lowest BCUT2D eigenvalue weighted by atomic mass is 9.77. The summed E-state index contributed by atoms with van der Waals surface area (Å²) in [5.41, 5.74) is 4.52. The van der Waals surface area contributed by atoms with Gasteiger partial charge in [0.2, 0.25) is 5.91 Å². The van der Waals surface area contributed by atoms with Crippen molar-refractivity contribution in [2.45, 2.75) is 31.7 Å². The lowest BCUT2D eigenvalue weighted by Crippen LogP contribution is -2.29. The van der Waals surface area contributed by atoms with Crippen molar-refractivity contribution in [3.05, 3.63) is 65.7 Å². The Labute approximate surface area is 154 Å². The Morgan fingerprint density at radius 1 is 1.27 bits per heavy atom. The number of rotatable bonds is 4. The van der Waals surface area contributed by atoms with Crippen molar-refractivity contribution in [2.75, 3.05) is 17.7 Å². The van der Waals surface area contributed by atoms with Gasteiger partial charge in [-0.1, -0.05) is 31.2 Å². The molecule has 2 N–H and O–H groups in total. The molecule has 0 aromatic heterocycles. The van der Waals surface area contributed by atoms with E-state index in [-0.39, 0.29) is 11.9 Å². The van der Waals surface area contributed by atoms with Gasteiger partial charge in [0.25, 0.3) is 0 Å². The van der Waals surface area contributed by atoms with Crippen molar-refractivity contribution < 1.29 is 9.53 Å². The second-order valence-corrected chi connectivity index (χ2v) is 6.96. The van der Waals surface area contributed by atoms with E-state index in [4.69, 9.17) is 4.74 Å². The molecular weight excluding hydrogens is 324 g/mol. The van der Waals surface area contributed by atoms with Gasteiger partial charge in [0, 0.05) is 23.7 Å². The zero-order valence-corrected chi connectivity index (χ0v) is 15.2. The van der Waals surface area contributed by atoms with E-state index in [9.17, 15) is 4.79 Å². The maximum atomic E-state index is 11.7. The second-order valence-electron chi connectivity index (χ2n) is 6.96. The first-order chi connectivity index (χ1) is 12.7. The first-order valence-electron chi connectivity index (χ1n) is 9.20. The van der Waals surface area contributed by atoms with E-state index in [0.717, 1.165) is 23.5 Å². The smallest absolute Gasteiger partial charge is 0.224 e. The third-order valence-corrected chi connectivity index (χ3v) is 5.42. The molecule has 4 nitrogen and oxygen atoms in total. The average molecular weight is 348 g/mol. The summed E-state index contributed by atoms with van der Waals surface area (Å²) in [6, 6.07) is 14.7. The van der Waals surface area contributed by atoms with Crippen LogP contribution in [0.3, 0.4) is 0 Å². The topological polar surface area (TPSA) is 50.4 Å². The lowest BCUT2D eigenvalue weighted by molar-refractivity contribution is -0.115. The van der Waals surface area contributed by atoms with Crippen LogP contribution in [0.5, 0.6) is 5.75 Å². The van der Waals surface area contributed by atoms with Crippen LogP contribution in [0.1, 0.15) is 42.9 Å². The lowest BCUT2D eigenvalue weighted by Gasteiger charge is -2.37. The third-order valence-electron chi connectivity index (χ3n) is 5.42. The number of hydrogen-bond acceptors (Lipinski definition) is 3. The summed E-state index contributed by atoms with van der Waals surface area (Å²) in [5, 5.41) is 6.69. The standard InChI is InChI=1S/C22H24N2O2/c1-3-21(25)23-15-10-11-20-19(13-15)17-8-5-9-18(17)22(24-20)14-6-4-7-16(12-14)26-2/h4-8,10-13,17-18,22,24H,3,9H2,1-2H3,(H,23,25). The van der Waals surface area contributed by atoms with Gasteiger partial charge in [-0.25, -0.2) is 0 Å². The molecule has 134 valence electrons. The minimum absolute atomic E-state index is 0.0430. The van der Waals surface area contributed by atoms with Crippen molar-refractivity contribution in [1.82, 2.24) is 0 Å². The van der Waals surface area contributed by atoms with Crippen LogP contribution in [0.4, 0.5) is 11.4 Å². The van der Waals surface area contributed by atoms with Gasteiger partial charge in [-0.05, 0) is 53.8 Å². The summed E-state index contributed by atoms with van der Waals surface area (Å²) in [6.07, 6.45) is 6.11. The zero-order valence-electron chi connectivity index (χ0n) is 15.2. The molecule has 1 aliphatic carbocycles. The van der Waals surface area contributed by atoms with E-state index in [1.807, 2.05) is 25.1 Å². The Hall–Kier alpha value is -2.75. The number of fused-ring (bicyclic) bond motifs is 3. The number of nitrogens with one attached hydrogen (secondary N) is 2. The number of carbonyl (C=O) groups is 1. The van der Waals surface area contributed by atoms with Crippen LogP contribution in [0.15, 0.2) is 54.6 Å². The van der Waals surface area contributed by atoms with Gasteiger partial charge in [0.15, 0.2) is 0 Å². The van der Waals surface area contributed by atoms with Crippen LogP contribution in [0.25, 0.3) is 0 Å². The van der Waals surface area contributed by atoms with Gasteiger partial charge in [-0.2, -0.15) is 0 Å². The van der Waals surface area contributed by atoms with Crippen LogP contribution in [-0.2, 0) is 4.79 Å². The van der Waals surface area contributed by atoms with Crippen molar-refractivity contribution in [3.8, 4) is 5.75 Å². The zero-order chi connectivity index (χ0) is 18.1. The Kier molecular flexibility index (Phi) is 4.41. The van der Waals surface area contributed by atoms with Crippen molar-refractivity contribution in [1.29, 1.82) is 0 Å². The van der Waals surface area contributed by atoms with Crippen LogP contribution in [0, 0.1) is 5.92 Å². The molecule has 4 heteroatoms. The molecule has 3 unspecified atom stereocenters. The van der Waals surface area contributed by atoms with Gasteiger partial charge in [0.05, 0.1) is 13.2 Å². The van der Waals surface area contributed by atoms with E-state index < -0.39 is 0 Å². The molecule has 1 aliphatic heterocycles. The minimum Gasteiger partial charge on any atom is -0.497 e. The van der Waals surface area contributed by atoms with Crippen LogP contribution in [-0.4, -0.2) is 13.0 Å². The van der Waals surface area contributed by atoms with Gasteiger partial charge < -0.3 is 15.4 Å².